The van der Waals surface area contributed by atoms with Gasteiger partial charge in [-0.1, -0.05) is 12.1 Å². The van der Waals surface area contributed by atoms with E-state index in [9.17, 15) is 4.79 Å². The van der Waals surface area contributed by atoms with Crippen molar-refractivity contribution in [3.63, 3.8) is 0 Å². The van der Waals surface area contributed by atoms with Crippen LogP contribution < -0.4 is 5.32 Å². The number of fused-ring (bicyclic) bond motifs is 1. The molecule has 1 unspecified atom stereocenters. The molecule has 1 aromatic carbocycles. The van der Waals surface area contributed by atoms with Gasteiger partial charge in [0.15, 0.2) is 0 Å². The van der Waals surface area contributed by atoms with Crippen LogP contribution in [0.1, 0.15) is 18.4 Å². The van der Waals surface area contributed by atoms with E-state index in [-0.39, 0.29) is 5.91 Å². The lowest BCUT2D eigenvalue weighted by molar-refractivity contribution is -0.132. The molecule has 1 aliphatic rings. The van der Waals surface area contributed by atoms with Crippen LogP contribution >= 0.6 is 0 Å². The molecule has 4 nitrogen and oxygen atoms in total. The van der Waals surface area contributed by atoms with Crippen LogP contribution in [0.5, 0.6) is 0 Å². The first-order chi connectivity index (χ1) is 9.72. The zero-order valence-corrected chi connectivity index (χ0v) is 11.7. The minimum Gasteiger partial charge on any atom is -0.344 e. The number of piperidine rings is 1. The normalized spacial score (nSPS) is 19.6. The molecule has 20 heavy (non-hydrogen) atoms. The van der Waals surface area contributed by atoms with Crippen LogP contribution in [-0.4, -0.2) is 35.4 Å². The highest BCUT2D eigenvalue weighted by atomic mass is 16.2. The molecule has 0 saturated carbocycles. The van der Waals surface area contributed by atoms with Gasteiger partial charge in [-0.3, -0.25) is 9.78 Å². The molecule has 2 heterocycles. The summed E-state index contributed by atoms with van der Waals surface area (Å²) in [6.07, 6.45) is 3.39. The molecule has 1 saturated heterocycles. The highest BCUT2D eigenvalue weighted by molar-refractivity contribution is 5.79. The number of benzene rings is 1. The van der Waals surface area contributed by atoms with Gasteiger partial charge in [-0.15, -0.1) is 0 Å². The van der Waals surface area contributed by atoms with Crippen molar-refractivity contribution in [3.8, 4) is 0 Å². The maximum Gasteiger partial charge on any atom is 0.222 e. The summed E-state index contributed by atoms with van der Waals surface area (Å²) in [6.45, 7) is 1.63. The van der Waals surface area contributed by atoms with Crippen LogP contribution in [0.25, 0.3) is 10.9 Å². The SMILES string of the molecule is CN1CC(NCc2ccc3ncccc3c2)CCC1=O. The molecule has 4 heteroatoms. The number of rotatable bonds is 3. The Kier molecular flexibility index (Phi) is 3.65. The van der Waals surface area contributed by atoms with Crippen molar-refractivity contribution in [3.05, 3.63) is 42.1 Å². The summed E-state index contributed by atoms with van der Waals surface area (Å²) in [5.41, 5.74) is 2.28. The monoisotopic (exact) mass is 269 g/mol. The number of hydrogen-bond acceptors (Lipinski definition) is 3. The largest absolute Gasteiger partial charge is 0.344 e. The molecule has 1 aliphatic heterocycles. The quantitative estimate of drug-likeness (QED) is 0.926. The van der Waals surface area contributed by atoms with Crippen LogP contribution in [0.3, 0.4) is 0 Å². The predicted octanol–water partition coefficient (Wildman–Crippen LogP) is 1.95. The molecule has 0 bridgehead atoms. The summed E-state index contributed by atoms with van der Waals surface area (Å²) in [6, 6.07) is 10.8. The minimum atomic E-state index is 0.250. The first-order valence-electron chi connectivity index (χ1n) is 7.03. The van der Waals surface area contributed by atoms with E-state index < -0.39 is 0 Å². The number of likely N-dealkylation sites (N-methyl/N-ethyl adjacent to an activating group) is 1. The summed E-state index contributed by atoms with van der Waals surface area (Å²) < 4.78 is 0. The smallest absolute Gasteiger partial charge is 0.222 e. The highest BCUT2D eigenvalue weighted by Crippen LogP contribution is 2.14. The van der Waals surface area contributed by atoms with Crippen molar-refractivity contribution in [1.82, 2.24) is 15.2 Å². The van der Waals surface area contributed by atoms with Crippen molar-refractivity contribution >= 4 is 16.8 Å². The van der Waals surface area contributed by atoms with Crippen LogP contribution in [0, 0.1) is 0 Å². The molecular weight excluding hydrogens is 250 g/mol. The second-order valence-corrected chi connectivity index (χ2v) is 5.42. The molecule has 0 aliphatic carbocycles. The average molecular weight is 269 g/mol. The van der Waals surface area contributed by atoms with Gasteiger partial charge in [0.25, 0.3) is 0 Å². The molecule has 0 radical (unpaired) electrons. The Hall–Kier alpha value is -1.94. The van der Waals surface area contributed by atoms with E-state index in [0.29, 0.717) is 12.5 Å². The average Bonchev–Trinajstić information content (AvgIpc) is 2.48. The van der Waals surface area contributed by atoms with E-state index in [4.69, 9.17) is 0 Å². The van der Waals surface area contributed by atoms with Gasteiger partial charge in [0.1, 0.15) is 0 Å². The number of amides is 1. The maximum absolute atomic E-state index is 11.5. The maximum atomic E-state index is 11.5. The Balaban J connectivity index is 1.63. The summed E-state index contributed by atoms with van der Waals surface area (Å²) in [7, 11) is 1.87. The zero-order valence-electron chi connectivity index (χ0n) is 11.7. The summed E-state index contributed by atoms with van der Waals surface area (Å²) >= 11 is 0. The molecule has 104 valence electrons. The van der Waals surface area contributed by atoms with Gasteiger partial charge in [-0.25, -0.2) is 0 Å². The molecule has 3 rings (SSSR count). The van der Waals surface area contributed by atoms with E-state index in [1.807, 2.05) is 24.2 Å². The van der Waals surface area contributed by atoms with E-state index in [0.717, 1.165) is 25.0 Å². The van der Waals surface area contributed by atoms with Crippen LogP contribution in [-0.2, 0) is 11.3 Å². The van der Waals surface area contributed by atoms with Crippen LogP contribution in [0.15, 0.2) is 36.5 Å². The minimum absolute atomic E-state index is 0.250. The Bertz CT molecular complexity index is 626. The third-order valence-corrected chi connectivity index (χ3v) is 3.89. The molecular formula is C16H19N3O. The van der Waals surface area contributed by atoms with E-state index in [1.165, 1.54) is 10.9 Å². The predicted molar refractivity (Wildman–Crippen MR) is 79.2 cm³/mol. The summed E-state index contributed by atoms with van der Waals surface area (Å²) in [5.74, 6) is 0.250. The van der Waals surface area contributed by atoms with Crippen LogP contribution in [0.2, 0.25) is 0 Å². The van der Waals surface area contributed by atoms with E-state index in [2.05, 4.69) is 34.6 Å². The number of carbonyl (C=O) groups is 1. The van der Waals surface area contributed by atoms with Gasteiger partial charge in [-0.05, 0) is 30.2 Å². The van der Waals surface area contributed by atoms with Crippen molar-refractivity contribution < 1.29 is 4.79 Å². The number of likely N-dealkylation sites (tertiary alicyclic amines) is 1. The topological polar surface area (TPSA) is 45.2 Å². The van der Waals surface area contributed by atoms with Crippen molar-refractivity contribution in [1.29, 1.82) is 0 Å². The number of nitrogens with zero attached hydrogens (tertiary/aromatic N) is 2. The Morgan fingerprint density at radius 2 is 2.30 bits per heavy atom. The third-order valence-electron chi connectivity index (χ3n) is 3.89. The van der Waals surface area contributed by atoms with Crippen molar-refractivity contribution in [2.45, 2.75) is 25.4 Å². The summed E-state index contributed by atoms with van der Waals surface area (Å²) in [5, 5.41) is 4.71. The number of hydrogen-bond donors (Lipinski definition) is 1. The standard InChI is InChI=1S/C16H19N3O/c1-19-11-14(5-7-16(19)20)18-10-12-4-6-15-13(9-12)3-2-8-17-15/h2-4,6,8-9,14,18H,5,7,10-11H2,1H3. The second-order valence-electron chi connectivity index (χ2n) is 5.42. The fraction of sp³-hybridized carbons (Fsp3) is 0.375. The lowest BCUT2D eigenvalue weighted by atomic mass is 10.0. The van der Waals surface area contributed by atoms with E-state index in [1.54, 1.807) is 0 Å². The lowest BCUT2D eigenvalue weighted by Crippen LogP contribution is -2.46. The second kappa shape index (κ2) is 5.59. The molecule has 2 aromatic rings. The van der Waals surface area contributed by atoms with Crippen LogP contribution in [0.4, 0.5) is 0 Å². The first kappa shape index (κ1) is 13.1. The Labute approximate surface area is 118 Å². The third kappa shape index (κ3) is 2.80. The molecule has 1 atom stereocenters. The Morgan fingerprint density at radius 1 is 1.40 bits per heavy atom. The van der Waals surface area contributed by atoms with Gasteiger partial charge < -0.3 is 10.2 Å². The van der Waals surface area contributed by atoms with Gasteiger partial charge >= 0.3 is 0 Å². The number of carbonyl (C=O) groups excluding carboxylic acids is 1. The first-order valence-corrected chi connectivity index (χ1v) is 7.03. The number of nitrogens with one attached hydrogen (secondary N) is 1. The molecule has 0 spiro atoms. The highest BCUT2D eigenvalue weighted by Gasteiger charge is 2.22. The number of aromatic nitrogens is 1. The van der Waals surface area contributed by atoms with Crippen molar-refractivity contribution in [2.75, 3.05) is 13.6 Å². The zero-order chi connectivity index (χ0) is 13.9. The van der Waals surface area contributed by atoms with Gasteiger partial charge in [0.2, 0.25) is 5.91 Å². The Morgan fingerprint density at radius 3 is 3.15 bits per heavy atom. The molecule has 1 aromatic heterocycles. The fourth-order valence-electron chi connectivity index (χ4n) is 2.68. The van der Waals surface area contributed by atoms with E-state index >= 15 is 0 Å². The summed E-state index contributed by atoms with van der Waals surface area (Å²) in [4.78, 5) is 17.6. The van der Waals surface area contributed by atoms with Gasteiger partial charge in [0.05, 0.1) is 5.52 Å². The fourth-order valence-corrected chi connectivity index (χ4v) is 2.68. The molecule has 1 fully saturated rings. The van der Waals surface area contributed by atoms with Crippen molar-refractivity contribution in [2.24, 2.45) is 0 Å². The molecule has 1 N–H and O–H groups in total. The lowest BCUT2D eigenvalue weighted by Gasteiger charge is -2.30. The number of pyridine rings is 1. The molecule has 1 amide bonds. The van der Waals surface area contributed by atoms with Gasteiger partial charge in [-0.2, -0.15) is 0 Å². The van der Waals surface area contributed by atoms with Gasteiger partial charge in [0, 0.05) is 44.2 Å².